The molecule has 26 heavy (non-hydrogen) atoms. The quantitative estimate of drug-likeness (QED) is 0.707. The van der Waals surface area contributed by atoms with Crippen LogP contribution in [-0.4, -0.2) is 56.7 Å². The van der Waals surface area contributed by atoms with E-state index in [1.165, 1.54) is 0 Å². The summed E-state index contributed by atoms with van der Waals surface area (Å²) in [6.45, 7) is 4.98. The van der Waals surface area contributed by atoms with Crippen LogP contribution in [0.3, 0.4) is 0 Å². The summed E-state index contributed by atoms with van der Waals surface area (Å²) in [6.07, 6.45) is 2.68. The van der Waals surface area contributed by atoms with Crippen LogP contribution in [0.5, 0.6) is 0 Å². The van der Waals surface area contributed by atoms with Crippen molar-refractivity contribution in [2.45, 2.75) is 13.3 Å². The lowest BCUT2D eigenvalue weighted by Crippen LogP contribution is -2.35. The third kappa shape index (κ3) is 3.12. The van der Waals surface area contributed by atoms with Gasteiger partial charge in [0.05, 0.1) is 23.1 Å². The number of amides is 1. The second kappa shape index (κ2) is 6.74. The number of hydrogen-bond acceptors (Lipinski definition) is 5. The third-order valence-electron chi connectivity index (χ3n) is 4.86. The average molecular weight is 350 g/mol. The van der Waals surface area contributed by atoms with E-state index in [0.29, 0.717) is 12.1 Å². The van der Waals surface area contributed by atoms with Crippen molar-refractivity contribution < 1.29 is 4.79 Å². The summed E-state index contributed by atoms with van der Waals surface area (Å²) in [4.78, 5) is 21.4. The largest absolute Gasteiger partial charge is 0.353 e. The van der Waals surface area contributed by atoms with E-state index >= 15 is 0 Å². The first kappa shape index (κ1) is 16.5. The highest BCUT2D eigenvalue weighted by molar-refractivity contribution is 5.97. The Bertz CT molecular complexity index is 933. The van der Waals surface area contributed by atoms with Gasteiger partial charge in [0.15, 0.2) is 5.82 Å². The minimum atomic E-state index is 0.0643. The highest BCUT2D eigenvalue weighted by atomic mass is 16.2. The molecule has 3 heterocycles. The van der Waals surface area contributed by atoms with Crippen molar-refractivity contribution in [1.29, 1.82) is 0 Å². The van der Waals surface area contributed by atoms with Gasteiger partial charge in [-0.15, -0.1) is 5.10 Å². The van der Waals surface area contributed by atoms with Crippen molar-refractivity contribution in [2.75, 3.05) is 31.1 Å². The van der Waals surface area contributed by atoms with Crippen LogP contribution in [0.1, 0.15) is 22.5 Å². The molecular formula is C19H22N6O. The first-order valence-electron chi connectivity index (χ1n) is 8.87. The Labute approximate surface area is 152 Å². The van der Waals surface area contributed by atoms with Gasteiger partial charge in [0.25, 0.3) is 5.91 Å². The maximum Gasteiger partial charge on any atom is 0.253 e. The third-order valence-corrected chi connectivity index (χ3v) is 4.86. The van der Waals surface area contributed by atoms with Gasteiger partial charge in [-0.3, -0.25) is 4.79 Å². The normalized spacial score (nSPS) is 15.3. The number of imidazole rings is 1. The number of fused-ring (bicyclic) bond motifs is 1. The molecule has 7 heteroatoms. The molecule has 1 amide bonds. The van der Waals surface area contributed by atoms with Gasteiger partial charge in [0, 0.05) is 38.8 Å². The lowest BCUT2D eigenvalue weighted by molar-refractivity contribution is 0.0767. The maximum absolute atomic E-state index is 12.9. The molecular weight excluding hydrogens is 328 g/mol. The summed E-state index contributed by atoms with van der Waals surface area (Å²) in [5.74, 6) is 0.939. The molecule has 4 rings (SSSR count). The van der Waals surface area contributed by atoms with E-state index in [1.807, 2.05) is 53.8 Å². The molecule has 3 aromatic rings. The Morgan fingerprint density at radius 1 is 1.04 bits per heavy atom. The van der Waals surface area contributed by atoms with Gasteiger partial charge in [-0.1, -0.05) is 0 Å². The molecule has 2 aromatic heterocycles. The van der Waals surface area contributed by atoms with Crippen LogP contribution in [0.15, 0.2) is 36.7 Å². The Kier molecular flexibility index (Phi) is 4.28. The van der Waals surface area contributed by atoms with Crippen LogP contribution in [0.25, 0.3) is 11.0 Å². The van der Waals surface area contributed by atoms with E-state index in [1.54, 1.807) is 6.33 Å². The van der Waals surface area contributed by atoms with E-state index in [-0.39, 0.29) is 5.91 Å². The van der Waals surface area contributed by atoms with Gasteiger partial charge in [0.2, 0.25) is 0 Å². The van der Waals surface area contributed by atoms with E-state index in [9.17, 15) is 4.79 Å². The number of carbonyl (C=O) groups excluding carboxylic acids is 1. The molecule has 0 saturated carbocycles. The van der Waals surface area contributed by atoms with Gasteiger partial charge in [-0.2, -0.15) is 5.10 Å². The van der Waals surface area contributed by atoms with Crippen molar-refractivity contribution in [3.05, 3.63) is 47.9 Å². The Morgan fingerprint density at radius 3 is 2.73 bits per heavy atom. The lowest BCUT2D eigenvalue weighted by atomic mass is 10.1. The molecule has 0 bridgehead atoms. The summed E-state index contributed by atoms with van der Waals surface area (Å²) in [6, 6.07) is 9.70. The van der Waals surface area contributed by atoms with E-state index in [4.69, 9.17) is 0 Å². The molecule has 1 aliphatic heterocycles. The second-order valence-corrected chi connectivity index (χ2v) is 6.72. The van der Waals surface area contributed by atoms with Gasteiger partial charge in [-0.25, -0.2) is 4.98 Å². The molecule has 0 aliphatic carbocycles. The maximum atomic E-state index is 12.9. The van der Waals surface area contributed by atoms with Crippen LogP contribution >= 0.6 is 0 Å². The van der Waals surface area contributed by atoms with E-state index in [0.717, 1.165) is 48.6 Å². The lowest BCUT2D eigenvalue weighted by Gasteiger charge is -2.22. The molecule has 0 atom stereocenters. The molecule has 1 saturated heterocycles. The summed E-state index contributed by atoms with van der Waals surface area (Å²) < 4.78 is 1.95. The van der Waals surface area contributed by atoms with Crippen molar-refractivity contribution in [2.24, 2.45) is 7.05 Å². The predicted molar refractivity (Wildman–Crippen MR) is 100 cm³/mol. The van der Waals surface area contributed by atoms with Gasteiger partial charge in [-0.05, 0) is 43.7 Å². The number of rotatable bonds is 2. The standard InChI is InChI=1S/C19H22N6O/c1-14-4-7-18(22-21-14)24-8-3-9-25(11-10-24)19(26)15-5-6-17-16(12-15)20-13-23(17)2/h4-7,12-13H,3,8-11H2,1-2H3. The number of hydrogen-bond donors (Lipinski definition) is 0. The smallest absolute Gasteiger partial charge is 0.253 e. The number of benzene rings is 1. The molecule has 7 nitrogen and oxygen atoms in total. The average Bonchev–Trinajstić information content (AvgIpc) is 2.87. The summed E-state index contributed by atoms with van der Waals surface area (Å²) >= 11 is 0. The molecule has 1 fully saturated rings. The van der Waals surface area contributed by atoms with Crippen molar-refractivity contribution in [3.8, 4) is 0 Å². The number of anilines is 1. The van der Waals surface area contributed by atoms with Crippen molar-refractivity contribution in [3.63, 3.8) is 0 Å². The number of aromatic nitrogens is 4. The fourth-order valence-corrected chi connectivity index (χ4v) is 3.36. The minimum Gasteiger partial charge on any atom is -0.353 e. The second-order valence-electron chi connectivity index (χ2n) is 6.72. The summed E-state index contributed by atoms with van der Waals surface area (Å²) in [7, 11) is 1.95. The topological polar surface area (TPSA) is 67.2 Å². The molecule has 0 unspecified atom stereocenters. The first-order chi connectivity index (χ1) is 12.6. The zero-order valence-electron chi connectivity index (χ0n) is 15.1. The Hall–Kier alpha value is -2.96. The molecule has 1 aromatic carbocycles. The zero-order valence-corrected chi connectivity index (χ0v) is 15.1. The van der Waals surface area contributed by atoms with Gasteiger partial charge >= 0.3 is 0 Å². The Morgan fingerprint density at radius 2 is 1.92 bits per heavy atom. The number of aryl methyl sites for hydroxylation is 2. The first-order valence-corrected chi connectivity index (χ1v) is 8.87. The Balaban J connectivity index is 1.48. The van der Waals surface area contributed by atoms with Crippen LogP contribution in [0.4, 0.5) is 5.82 Å². The van der Waals surface area contributed by atoms with E-state index in [2.05, 4.69) is 20.1 Å². The molecule has 0 radical (unpaired) electrons. The minimum absolute atomic E-state index is 0.0643. The SMILES string of the molecule is Cc1ccc(N2CCCN(C(=O)c3ccc4c(c3)ncn4C)CC2)nn1. The van der Waals surface area contributed by atoms with Crippen molar-refractivity contribution >= 4 is 22.8 Å². The fourth-order valence-electron chi connectivity index (χ4n) is 3.36. The fraction of sp³-hybridized carbons (Fsp3) is 0.368. The molecule has 134 valence electrons. The van der Waals surface area contributed by atoms with Crippen LogP contribution in [-0.2, 0) is 7.05 Å². The predicted octanol–water partition coefficient (Wildman–Crippen LogP) is 2.02. The van der Waals surface area contributed by atoms with Crippen LogP contribution in [0, 0.1) is 6.92 Å². The number of nitrogens with zero attached hydrogens (tertiary/aromatic N) is 6. The zero-order chi connectivity index (χ0) is 18.1. The van der Waals surface area contributed by atoms with Gasteiger partial charge < -0.3 is 14.4 Å². The molecule has 1 aliphatic rings. The van der Waals surface area contributed by atoms with Crippen LogP contribution in [0.2, 0.25) is 0 Å². The van der Waals surface area contributed by atoms with Crippen molar-refractivity contribution in [1.82, 2.24) is 24.6 Å². The van der Waals surface area contributed by atoms with Crippen LogP contribution < -0.4 is 4.90 Å². The highest BCUT2D eigenvalue weighted by Gasteiger charge is 2.21. The number of carbonyl (C=O) groups is 1. The molecule has 0 spiro atoms. The summed E-state index contributed by atoms with van der Waals surface area (Å²) in [5.41, 5.74) is 3.48. The van der Waals surface area contributed by atoms with E-state index < -0.39 is 0 Å². The van der Waals surface area contributed by atoms with Gasteiger partial charge in [0.1, 0.15) is 0 Å². The molecule has 0 N–H and O–H groups in total. The summed E-state index contributed by atoms with van der Waals surface area (Å²) in [5, 5.41) is 8.41. The highest BCUT2D eigenvalue weighted by Crippen LogP contribution is 2.18. The monoisotopic (exact) mass is 350 g/mol.